The van der Waals surface area contributed by atoms with Crippen LogP contribution >= 0.6 is 31.9 Å². The number of halogens is 3. The number of carbonyl (C=O) groups excluding carboxylic acids is 1. The summed E-state index contributed by atoms with van der Waals surface area (Å²) in [6, 6.07) is 10.8. The molecule has 29 heavy (non-hydrogen) atoms. The average molecular weight is 524 g/mol. The van der Waals surface area contributed by atoms with E-state index in [9.17, 15) is 14.4 Å². The highest BCUT2D eigenvalue weighted by Gasteiger charge is 2.13. The molecule has 0 spiro atoms. The van der Waals surface area contributed by atoms with E-state index in [1.807, 2.05) is 6.07 Å². The third-order valence-electron chi connectivity index (χ3n) is 4.04. The van der Waals surface area contributed by atoms with Crippen LogP contribution < -0.4 is 10.1 Å². The molecular formula is C22H21Br2FN2O2. The number of ether oxygens (including phenoxy) is 1. The van der Waals surface area contributed by atoms with Crippen molar-refractivity contribution in [1.29, 1.82) is 5.26 Å². The molecule has 0 bridgehead atoms. The van der Waals surface area contributed by atoms with E-state index in [1.165, 1.54) is 43.2 Å². The van der Waals surface area contributed by atoms with Crippen LogP contribution in [0.1, 0.15) is 38.2 Å². The van der Waals surface area contributed by atoms with E-state index < -0.39 is 11.7 Å². The summed E-state index contributed by atoms with van der Waals surface area (Å²) in [6.45, 7) is 2.78. The van der Waals surface area contributed by atoms with Crippen molar-refractivity contribution in [3.63, 3.8) is 0 Å². The SMILES string of the molecule is CCCCCCOc1c(Br)cc(/C=C(\C#N)C(=O)Nc2ccc(F)cc2)cc1Br. The van der Waals surface area contributed by atoms with E-state index in [2.05, 4.69) is 44.1 Å². The predicted molar refractivity (Wildman–Crippen MR) is 120 cm³/mol. The van der Waals surface area contributed by atoms with Crippen LogP contribution in [0.5, 0.6) is 5.75 Å². The van der Waals surface area contributed by atoms with Crippen LogP contribution in [-0.2, 0) is 4.79 Å². The van der Waals surface area contributed by atoms with Crippen LogP contribution in [0.4, 0.5) is 10.1 Å². The van der Waals surface area contributed by atoms with Gasteiger partial charge in [-0.2, -0.15) is 5.26 Å². The van der Waals surface area contributed by atoms with Crippen molar-refractivity contribution >= 4 is 49.5 Å². The number of hydrogen-bond acceptors (Lipinski definition) is 3. The summed E-state index contributed by atoms with van der Waals surface area (Å²) < 4.78 is 20.3. The molecule has 2 aromatic rings. The third-order valence-corrected chi connectivity index (χ3v) is 5.22. The van der Waals surface area contributed by atoms with Crippen molar-refractivity contribution in [2.45, 2.75) is 32.6 Å². The number of amides is 1. The van der Waals surface area contributed by atoms with E-state index in [-0.39, 0.29) is 5.57 Å². The molecule has 2 aromatic carbocycles. The number of carbonyl (C=O) groups is 1. The van der Waals surface area contributed by atoms with E-state index in [4.69, 9.17) is 4.74 Å². The summed E-state index contributed by atoms with van der Waals surface area (Å²) in [5, 5.41) is 12.0. The maximum atomic E-state index is 13.0. The van der Waals surface area contributed by atoms with Crippen molar-refractivity contribution in [2.24, 2.45) is 0 Å². The molecule has 4 nitrogen and oxygen atoms in total. The molecule has 0 heterocycles. The molecule has 0 aromatic heterocycles. The van der Waals surface area contributed by atoms with Crippen molar-refractivity contribution in [1.82, 2.24) is 0 Å². The Morgan fingerprint density at radius 2 is 1.83 bits per heavy atom. The Balaban J connectivity index is 2.11. The molecule has 0 atom stereocenters. The van der Waals surface area contributed by atoms with Crippen molar-refractivity contribution < 1.29 is 13.9 Å². The molecule has 0 radical (unpaired) electrons. The second-order valence-corrected chi connectivity index (χ2v) is 8.06. The van der Waals surface area contributed by atoms with Gasteiger partial charge in [0.25, 0.3) is 5.91 Å². The minimum atomic E-state index is -0.567. The van der Waals surface area contributed by atoms with Crippen molar-refractivity contribution in [3.05, 3.63) is 62.3 Å². The number of nitrogens with zero attached hydrogens (tertiary/aromatic N) is 1. The molecule has 0 saturated heterocycles. The maximum Gasteiger partial charge on any atom is 0.266 e. The lowest BCUT2D eigenvalue weighted by molar-refractivity contribution is -0.112. The molecule has 0 aliphatic carbocycles. The van der Waals surface area contributed by atoms with Crippen molar-refractivity contribution in [2.75, 3.05) is 11.9 Å². The van der Waals surface area contributed by atoms with Gasteiger partial charge in [-0.3, -0.25) is 4.79 Å². The summed E-state index contributed by atoms with van der Waals surface area (Å²) >= 11 is 6.97. The van der Waals surface area contributed by atoms with Crippen LogP contribution in [0.2, 0.25) is 0 Å². The average Bonchev–Trinajstić information content (AvgIpc) is 2.69. The predicted octanol–water partition coefficient (Wildman–Crippen LogP) is 6.86. The summed E-state index contributed by atoms with van der Waals surface area (Å²) in [5.41, 5.74) is 1.00. The number of benzene rings is 2. The van der Waals surface area contributed by atoms with Crippen LogP contribution in [-0.4, -0.2) is 12.5 Å². The van der Waals surface area contributed by atoms with E-state index in [1.54, 1.807) is 12.1 Å². The molecule has 152 valence electrons. The zero-order chi connectivity index (χ0) is 21.2. The summed E-state index contributed by atoms with van der Waals surface area (Å²) in [4.78, 5) is 12.4. The number of anilines is 1. The molecule has 1 amide bonds. The lowest BCUT2D eigenvalue weighted by Crippen LogP contribution is -2.13. The zero-order valence-electron chi connectivity index (χ0n) is 16.0. The van der Waals surface area contributed by atoms with Gasteiger partial charge in [-0.15, -0.1) is 0 Å². The fourth-order valence-electron chi connectivity index (χ4n) is 2.55. The second-order valence-electron chi connectivity index (χ2n) is 6.35. The summed E-state index contributed by atoms with van der Waals surface area (Å²) in [6.07, 6.45) is 5.95. The first-order valence-electron chi connectivity index (χ1n) is 9.25. The zero-order valence-corrected chi connectivity index (χ0v) is 19.1. The Labute approximate surface area is 187 Å². The molecule has 0 fully saturated rings. The van der Waals surface area contributed by atoms with Crippen LogP contribution in [0, 0.1) is 17.1 Å². The van der Waals surface area contributed by atoms with Gasteiger partial charge in [0.1, 0.15) is 23.2 Å². The highest BCUT2D eigenvalue weighted by Crippen LogP contribution is 2.35. The molecule has 0 aliphatic rings. The number of nitrogens with one attached hydrogen (secondary N) is 1. The fraction of sp³-hybridized carbons (Fsp3) is 0.273. The van der Waals surface area contributed by atoms with Gasteiger partial charge in [0.2, 0.25) is 0 Å². The highest BCUT2D eigenvalue weighted by atomic mass is 79.9. The van der Waals surface area contributed by atoms with Gasteiger partial charge in [-0.05, 0) is 86.3 Å². The molecule has 0 aliphatic heterocycles. The van der Waals surface area contributed by atoms with Crippen LogP contribution in [0.25, 0.3) is 6.08 Å². The van der Waals surface area contributed by atoms with Gasteiger partial charge in [-0.25, -0.2) is 4.39 Å². The molecular weight excluding hydrogens is 503 g/mol. The van der Waals surface area contributed by atoms with Gasteiger partial charge < -0.3 is 10.1 Å². The standard InChI is InChI=1S/C22H21Br2FN2O2/c1-2-3-4-5-10-29-21-19(23)12-15(13-20(21)24)11-16(14-26)22(28)27-18-8-6-17(25)7-9-18/h6-9,11-13H,2-5,10H2,1H3,(H,27,28)/b16-11+. The van der Waals surface area contributed by atoms with Gasteiger partial charge in [0.15, 0.2) is 0 Å². The van der Waals surface area contributed by atoms with Gasteiger partial charge in [0, 0.05) is 5.69 Å². The quantitative estimate of drug-likeness (QED) is 0.222. The topological polar surface area (TPSA) is 62.1 Å². The maximum absolute atomic E-state index is 13.0. The molecule has 0 saturated carbocycles. The van der Waals surface area contributed by atoms with Crippen molar-refractivity contribution in [3.8, 4) is 11.8 Å². The smallest absolute Gasteiger partial charge is 0.266 e. The second kappa shape index (κ2) is 11.7. The fourth-order valence-corrected chi connectivity index (χ4v) is 4.00. The molecule has 0 unspecified atom stereocenters. The number of unbranched alkanes of at least 4 members (excludes halogenated alkanes) is 3. The first-order valence-corrected chi connectivity index (χ1v) is 10.8. The van der Waals surface area contributed by atoms with Gasteiger partial charge >= 0.3 is 0 Å². The molecule has 7 heteroatoms. The highest BCUT2D eigenvalue weighted by molar-refractivity contribution is 9.11. The Morgan fingerprint density at radius 3 is 2.41 bits per heavy atom. The summed E-state index contributed by atoms with van der Waals surface area (Å²) in [5.74, 6) is -0.281. The van der Waals surface area contributed by atoms with Gasteiger partial charge in [0.05, 0.1) is 15.6 Å². The Morgan fingerprint density at radius 1 is 1.17 bits per heavy atom. The Kier molecular flexibility index (Phi) is 9.36. The van der Waals surface area contributed by atoms with E-state index in [0.29, 0.717) is 23.6 Å². The van der Waals surface area contributed by atoms with E-state index in [0.717, 1.165) is 21.8 Å². The minimum Gasteiger partial charge on any atom is -0.491 e. The van der Waals surface area contributed by atoms with Gasteiger partial charge in [-0.1, -0.05) is 26.2 Å². The summed E-state index contributed by atoms with van der Waals surface area (Å²) in [7, 11) is 0. The monoisotopic (exact) mass is 522 g/mol. The first kappa shape index (κ1) is 23.1. The molecule has 1 N–H and O–H groups in total. The normalized spacial score (nSPS) is 11.1. The minimum absolute atomic E-state index is 0.0682. The largest absolute Gasteiger partial charge is 0.491 e. The Bertz CT molecular complexity index is 898. The van der Waals surface area contributed by atoms with Crippen LogP contribution in [0.15, 0.2) is 50.9 Å². The lowest BCUT2D eigenvalue weighted by atomic mass is 10.1. The van der Waals surface area contributed by atoms with E-state index >= 15 is 0 Å². The Hall–Kier alpha value is -2.17. The molecule has 2 rings (SSSR count). The lowest BCUT2D eigenvalue weighted by Gasteiger charge is -2.11. The number of rotatable bonds is 9. The third kappa shape index (κ3) is 7.30. The number of hydrogen-bond donors (Lipinski definition) is 1. The van der Waals surface area contributed by atoms with Crippen LogP contribution in [0.3, 0.4) is 0 Å². The first-order chi connectivity index (χ1) is 13.9. The number of nitriles is 1.